The second-order valence-electron chi connectivity index (χ2n) is 2.34. The lowest BCUT2D eigenvalue weighted by atomic mass is 10.2. The Hall–Kier alpha value is -1.16. The van der Waals surface area contributed by atoms with Gasteiger partial charge in [-0.15, -0.1) is 0 Å². The van der Waals surface area contributed by atoms with Crippen molar-refractivity contribution >= 4 is 17.2 Å². The Labute approximate surface area is 74.6 Å². The molecule has 0 N–H and O–H groups in total. The van der Waals surface area contributed by atoms with Crippen LogP contribution in [0, 0.1) is 6.92 Å². The summed E-state index contributed by atoms with van der Waals surface area (Å²) < 4.78 is 18.8. The normalized spacial score (nSPS) is 9.17. The van der Waals surface area contributed by atoms with Crippen molar-refractivity contribution in [1.82, 2.24) is 0 Å². The monoisotopic (exact) mass is 183 g/mol. The summed E-state index contributed by atoms with van der Waals surface area (Å²) in [7, 11) is 1.56. The predicted octanol–water partition coefficient (Wildman–Crippen LogP) is 2.03. The van der Waals surface area contributed by atoms with E-state index in [9.17, 15) is 4.21 Å². The molecule has 0 saturated carbocycles. The van der Waals surface area contributed by atoms with Crippen molar-refractivity contribution in [2.75, 3.05) is 7.11 Å². The van der Waals surface area contributed by atoms with Crippen LogP contribution in [0.15, 0.2) is 22.6 Å². The van der Waals surface area contributed by atoms with Crippen molar-refractivity contribution in [2.24, 2.45) is 4.36 Å². The average Bonchev–Trinajstić information content (AvgIpc) is 2.08. The molecular weight excluding hydrogens is 174 g/mol. The lowest BCUT2D eigenvalue weighted by molar-refractivity contribution is 0.416. The fourth-order valence-electron chi connectivity index (χ4n) is 0.900. The highest BCUT2D eigenvalue weighted by Gasteiger charge is 2.00. The molecule has 0 amide bonds. The number of hydrogen-bond donors (Lipinski definition) is 0. The van der Waals surface area contributed by atoms with E-state index in [1.807, 2.05) is 19.1 Å². The summed E-state index contributed by atoms with van der Waals surface area (Å²) in [5.74, 6) is 0.637. The van der Waals surface area contributed by atoms with Crippen LogP contribution in [0.4, 0.5) is 5.69 Å². The van der Waals surface area contributed by atoms with Crippen LogP contribution in [0.2, 0.25) is 0 Å². The van der Waals surface area contributed by atoms with Crippen LogP contribution in [0.1, 0.15) is 5.56 Å². The highest BCUT2D eigenvalue weighted by Crippen LogP contribution is 2.27. The molecule has 0 aliphatic heterocycles. The molecule has 0 atom stereocenters. The third-order valence-corrected chi connectivity index (χ3v) is 1.74. The van der Waals surface area contributed by atoms with Gasteiger partial charge in [-0.25, -0.2) is 0 Å². The number of rotatable bonds is 2. The van der Waals surface area contributed by atoms with Crippen molar-refractivity contribution in [3.63, 3.8) is 0 Å². The third kappa shape index (κ3) is 1.92. The van der Waals surface area contributed by atoms with E-state index in [-0.39, 0.29) is 11.5 Å². The molecule has 0 fully saturated rings. The highest BCUT2D eigenvalue weighted by molar-refractivity contribution is 7.54. The Bertz CT molecular complexity index is 332. The van der Waals surface area contributed by atoms with Crippen molar-refractivity contribution < 1.29 is 8.95 Å². The zero-order valence-corrected chi connectivity index (χ0v) is 7.72. The molecule has 1 aromatic rings. The molecule has 3 nitrogen and oxygen atoms in total. The second kappa shape index (κ2) is 4.01. The molecule has 1 rings (SSSR count). The first kappa shape index (κ1) is 8.93. The summed E-state index contributed by atoms with van der Waals surface area (Å²) in [4.78, 5) is 0. The van der Waals surface area contributed by atoms with Crippen molar-refractivity contribution in [2.45, 2.75) is 6.92 Å². The maximum absolute atomic E-state index is 10.1. The number of aryl methyl sites for hydroxylation is 1. The van der Waals surface area contributed by atoms with E-state index in [4.69, 9.17) is 4.74 Å². The van der Waals surface area contributed by atoms with Gasteiger partial charge in [-0.1, -0.05) is 6.07 Å². The lowest BCUT2D eigenvalue weighted by Crippen LogP contribution is -1.83. The quantitative estimate of drug-likeness (QED) is 0.703. The molecule has 0 unspecified atom stereocenters. The van der Waals surface area contributed by atoms with Crippen LogP contribution in [-0.2, 0) is 11.5 Å². The Morgan fingerprint density at radius 3 is 2.83 bits per heavy atom. The molecule has 12 heavy (non-hydrogen) atoms. The van der Waals surface area contributed by atoms with Crippen LogP contribution >= 0.6 is 0 Å². The van der Waals surface area contributed by atoms with Crippen LogP contribution in [-0.4, -0.2) is 11.3 Å². The number of nitrogens with zero attached hydrogens (tertiary/aromatic N) is 1. The minimum absolute atomic E-state index is 0.185. The van der Waals surface area contributed by atoms with Gasteiger partial charge in [-0.3, -0.25) is 0 Å². The summed E-state index contributed by atoms with van der Waals surface area (Å²) in [5.41, 5.74) is 1.67. The third-order valence-electron chi connectivity index (χ3n) is 1.47. The Balaban J connectivity index is 3.19. The fourth-order valence-corrected chi connectivity index (χ4v) is 1.13. The van der Waals surface area contributed by atoms with Gasteiger partial charge in [0.15, 0.2) is 0 Å². The molecule has 0 aliphatic rings. The summed E-state index contributed by atoms with van der Waals surface area (Å²) >= 11 is 0.185. The van der Waals surface area contributed by atoms with Gasteiger partial charge in [-0.05, 0) is 24.6 Å². The minimum Gasteiger partial charge on any atom is -0.494 e. The molecule has 64 valence electrons. The summed E-state index contributed by atoms with van der Waals surface area (Å²) in [6.45, 7) is 1.95. The van der Waals surface area contributed by atoms with Gasteiger partial charge in [0, 0.05) is 0 Å². The predicted molar refractivity (Wildman–Crippen MR) is 48.0 cm³/mol. The first-order valence-corrected chi connectivity index (χ1v) is 4.12. The maximum Gasteiger partial charge on any atom is 0.205 e. The molecule has 0 spiro atoms. The van der Waals surface area contributed by atoms with Crippen LogP contribution in [0.25, 0.3) is 0 Å². The summed E-state index contributed by atoms with van der Waals surface area (Å²) in [6, 6.07) is 5.49. The van der Waals surface area contributed by atoms with Crippen LogP contribution < -0.4 is 4.74 Å². The molecule has 0 bridgehead atoms. The molecular formula is C8H9NO2S. The number of hydrogen-bond acceptors (Lipinski definition) is 3. The largest absolute Gasteiger partial charge is 0.494 e. The van der Waals surface area contributed by atoms with E-state index in [1.165, 1.54) is 0 Å². The zero-order chi connectivity index (χ0) is 8.97. The maximum atomic E-state index is 10.1. The Morgan fingerprint density at radius 1 is 1.50 bits per heavy atom. The molecule has 0 heterocycles. The van der Waals surface area contributed by atoms with Gasteiger partial charge in [0.25, 0.3) is 0 Å². The smallest absolute Gasteiger partial charge is 0.205 e. The molecule has 4 heteroatoms. The van der Waals surface area contributed by atoms with E-state index >= 15 is 0 Å². The molecule has 0 aliphatic carbocycles. The molecule has 0 aromatic heterocycles. The summed E-state index contributed by atoms with van der Waals surface area (Å²) in [6.07, 6.45) is 0. The Morgan fingerprint density at radius 2 is 2.25 bits per heavy atom. The molecule has 0 radical (unpaired) electrons. The summed E-state index contributed by atoms with van der Waals surface area (Å²) in [5, 5.41) is 0. The van der Waals surface area contributed by atoms with Crippen LogP contribution in [0.3, 0.4) is 0 Å². The standard InChI is InChI=1S/C8H9NO2S/c1-6-3-4-7(9-12-10)8(5-6)11-2/h3-5H,1-2H3. The Kier molecular flexibility index (Phi) is 2.99. The molecule has 1 aromatic carbocycles. The van der Waals surface area contributed by atoms with E-state index in [2.05, 4.69) is 4.36 Å². The topological polar surface area (TPSA) is 38.7 Å². The van der Waals surface area contributed by atoms with Gasteiger partial charge in [-0.2, -0.15) is 8.57 Å². The van der Waals surface area contributed by atoms with Crippen LogP contribution in [0.5, 0.6) is 5.75 Å². The average molecular weight is 183 g/mol. The highest BCUT2D eigenvalue weighted by atomic mass is 32.1. The number of ether oxygens (including phenoxy) is 1. The van der Waals surface area contributed by atoms with E-state index in [0.29, 0.717) is 11.4 Å². The van der Waals surface area contributed by atoms with Crippen molar-refractivity contribution in [1.29, 1.82) is 0 Å². The van der Waals surface area contributed by atoms with Crippen molar-refractivity contribution in [3.8, 4) is 5.75 Å². The van der Waals surface area contributed by atoms with E-state index in [0.717, 1.165) is 5.56 Å². The van der Waals surface area contributed by atoms with Gasteiger partial charge < -0.3 is 4.74 Å². The lowest BCUT2D eigenvalue weighted by Gasteiger charge is -2.02. The SMILES string of the molecule is COc1cc(C)ccc1N=S=O. The zero-order valence-electron chi connectivity index (χ0n) is 6.90. The van der Waals surface area contributed by atoms with Crippen molar-refractivity contribution in [3.05, 3.63) is 23.8 Å². The van der Waals surface area contributed by atoms with Gasteiger partial charge in [0.05, 0.1) is 7.11 Å². The van der Waals surface area contributed by atoms with Gasteiger partial charge in [0.2, 0.25) is 11.5 Å². The first-order valence-electron chi connectivity index (χ1n) is 3.42. The van der Waals surface area contributed by atoms with E-state index in [1.54, 1.807) is 13.2 Å². The fraction of sp³-hybridized carbons (Fsp3) is 0.250. The van der Waals surface area contributed by atoms with E-state index < -0.39 is 0 Å². The minimum atomic E-state index is 0.185. The van der Waals surface area contributed by atoms with Gasteiger partial charge in [0.1, 0.15) is 11.4 Å². The molecule has 0 saturated heterocycles. The second-order valence-corrected chi connectivity index (χ2v) is 2.67. The first-order chi connectivity index (χ1) is 5.77. The van der Waals surface area contributed by atoms with Gasteiger partial charge >= 0.3 is 0 Å². The number of methoxy groups -OCH3 is 1. The number of benzene rings is 1.